The number of anilines is 1. The van der Waals surface area contributed by atoms with E-state index in [1.54, 1.807) is 30.3 Å². The first-order chi connectivity index (χ1) is 19.7. The summed E-state index contributed by atoms with van der Waals surface area (Å²) >= 11 is 0. The Kier molecular flexibility index (Phi) is 10.1. The number of aliphatic hydroxyl groups excluding tert-OH is 1. The van der Waals surface area contributed by atoms with E-state index in [0.717, 1.165) is 11.4 Å². The van der Waals surface area contributed by atoms with Gasteiger partial charge in [0.1, 0.15) is 24.2 Å². The fourth-order valence-electron chi connectivity index (χ4n) is 4.46. The van der Waals surface area contributed by atoms with Gasteiger partial charge in [0, 0.05) is 37.9 Å². The zero-order chi connectivity index (χ0) is 29.4. The van der Waals surface area contributed by atoms with Crippen molar-refractivity contribution in [1.82, 2.24) is 25.8 Å². The number of morpholine rings is 1. The number of rotatable bonds is 3. The standard InChI is InChI=1S/C28H36N6O7/c1-18-3-4-20-15-22(18)41-12-8-29-24(36)17-34(9-7-30-27(38)25(19(2)35)32-26(20)37)28(39)21-5-6-23(31-16-21)33-10-13-40-14-11-33/h3-6,15-16,19,25,35H,7-14,17H2,1-2H3,(H,29,36)(H,30,38)(H,32,37)/t19-,25+/m1/s1. The Labute approximate surface area is 238 Å². The summed E-state index contributed by atoms with van der Waals surface area (Å²) in [5, 5.41) is 18.2. The van der Waals surface area contributed by atoms with E-state index in [4.69, 9.17) is 9.47 Å². The molecule has 4 amide bonds. The van der Waals surface area contributed by atoms with Crippen LogP contribution in [-0.2, 0) is 14.3 Å². The monoisotopic (exact) mass is 568 g/mol. The summed E-state index contributed by atoms with van der Waals surface area (Å²) in [5.41, 5.74) is 1.32. The summed E-state index contributed by atoms with van der Waals surface area (Å²) in [5.74, 6) is -0.853. The molecule has 2 aliphatic rings. The average molecular weight is 569 g/mol. The van der Waals surface area contributed by atoms with Gasteiger partial charge in [0.05, 0.1) is 38.0 Å². The molecule has 2 aromatic rings. The highest BCUT2D eigenvalue weighted by molar-refractivity contribution is 5.98. The third-order valence-electron chi connectivity index (χ3n) is 6.82. The highest BCUT2D eigenvalue weighted by atomic mass is 16.5. The van der Waals surface area contributed by atoms with E-state index >= 15 is 0 Å². The quantitative estimate of drug-likeness (QED) is 0.381. The maximum atomic E-state index is 13.4. The van der Waals surface area contributed by atoms with E-state index in [1.807, 2.05) is 6.92 Å². The van der Waals surface area contributed by atoms with Crippen molar-refractivity contribution in [3.8, 4) is 5.75 Å². The summed E-state index contributed by atoms with van der Waals surface area (Å²) in [6.45, 7) is 5.85. The molecule has 2 aliphatic heterocycles. The van der Waals surface area contributed by atoms with E-state index in [1.165, 1.54) is 18.0 Å². The molecule has 1 fully saturated rings. The number of hydrogen-bond acceptors (Lipinski definition) is 9. The first-order valence-corrected chi connectivity index (χ1v) is 13.6. The second-order valence-electron chi connectivity index (χ2n) is 9.89. The van der Waals surface area contributed by atoms with Crippen molar-refractivity contribution in [1.29, 1.82) is 0 Å². The van der Waals surface area contributed by atoms with Crippen LogP contribution in [0, 0.1) is 6.92 Å². The first-order valence-electron chi connectivity index (χ1n) is 13.6. The molecule has 0 spiro atoms. The molecule has 1 aromatic carbocycles. The number of aliphatic hydroxyl groups is 1. The molecule has 2 bridgehead atoms. The van der Waals surface area contributed by atoms with Crippen LogP contribution in [0.4, 0.5) is 5.82 Å². The van der Waals surface area contributed by atoms with E-state index in [9.17, 15) is 24.3 Å². The molecule has 4 rings (SSSR count). The van der Waals surface area contributed by atoms with Gasteiger partial charge in [0.2, 0.25) is 11.8 Å². The summed E-state index contributed by atoms with van der Waals surface area (Å²) < 4.78 is 11.1. The lowest BCUT2D eigenvalue weighted by Crippen LogP contribution is -2.53. The smallest absolute Gasteiger partial charge is 0.255 e. The van der Waals surface area contributed by atoms with Gasteiger partial charge in [-0.25, -0.2) is 4.98 Å². The van der Waals surface area contributed by atoms with Crippen LogP contribution < -0.4 is 25.6 Å². The predicted molar refractivity (Wildman–Crippen MR) is 149 cm³/mol. The van der Waals surface area contributed by atoms with Gasteiger partial charge in [-0.1, -0.05) is 6.07 Å². The highest BCUT2D eigenvalue weighted by Crippen LogP contribution is 2.20. The number of pyridine rings is 1. The number of nitrogens with zero attached hydrogens (tertiary/aromatic N) is 3. The summed E-state index contributed by atoms with van der Waals surface area (Å²) in [7, 11) is 0. The van der Waals surface area contributed by atoms with Crippen molar-refractivity contribution in [3.05, 3.63) is 53.2 Å². The molecule has 220 valence electrons. The molecule has 0 radical (unpaired) electrons. The second-order valence-corrected chi connectivity index (χ2v) is 9.89. The van der Waals surface area contributed by atoms with Gasteiger partial charge in [-0.3, -0.25) is 19.2 Å². The van der Waals surface area contributed by atoms with E-state index < -0.39 is 35.8 Å². The molecule has 0 aliphatic carbocycles. The molecule has 3 heterocycles. The highest BCUT2D eigenvalue weighted by Gasteiger charge is 2.27. The molecule has 0 saturated carbocycles. The van der Waals surface area contributed by atoms with E-state index in [2.05, 4.69) is 25.8 Å². The molecular formula is C28H36N6O7. The topological polar surface area (TPSA) is 162 Å². The van der Waals surface area contributed by atoms with Crippen molar-refractivity contribution in [2.75, 3.05) is 64.0 Å². The van der Waals surface area contributed by atoms with Crippen molar-refractivity contribution in [2.45, 2.75) is 26.0 Å². The minimum absolute atomic E-state index is 0.000155. The number of benzene rings is 1. The second kappa shape index (κ2) is 13.9. The van der Waals surface area contributed by atoms with Gasteiger partial charge in [-0.2, -0.15) is 0 Å². The van der Waals surface area contributed by atoms with Gasteiger partial charge < -0.3 is 40.3 Å². The minimum Gasteiger partial charge on any atom is -0.491 e. The van der Waals surface area contributed by atoms with Crippen LogP contribution in [0.1, 0.15) is 33.2 Å². The van der Waals surface area contributed by atoms with Crippen LogP contribution in [0.15, 0.2) is 36.5 Å². The van der Waals surface area contributed by atoms with Crippen molar-refractivity contribution in [3.63, 3.8) is 0 Å². The molecule has 1 aromatic heterocycles. The Morgan fingerprint density at radius 1 is 1.05 bits per heavy atom. The van der Waals surface area contributed by atoms with Gasteiger partial charge in [-0.15, -0.1) is 0 Å². The number of nitrogens with one attached hydrogen (secondary N) is 3. The number of ether oxygens (including phenoxy) is 2. The van der Waals surface area contributed by atoms with Crippen molar-refractivity contribution in [2.24, 2.45) is 0 Å². The van der Waals surface area contributed by atoms with Crippen LogP contribution in [0.2, 0.25) is 0 Å². The van der Waals surface area contributed by atoms with Gasteiger partial charge in [0.15, 0.2) is 0 Å². The van der Waals surface area contributed by atoms with E-state index in [-0.39, 0.29) is 38.3 Å². The van der Waals surface area contributed by atoms with Crippen LogP contribution in [0.25, 0.3) is 0 Å². The number of amides is 4. The van der Waals surface area contributed by atoms with E-state index in [0.29, 0.717) is 37.6 Å². The third kappa shape index (κ3) is 7.92. The Hall–Kier alpha value is -4.23. The van der Waals surface area contributed by atoms with Gasteiger partial charge >= 0.3 is 0 Å². The summed E-state index contributed by atoms with van der Waals surface area (Å²) in [6, 6.07) is 7.01. The number of carbonyl (C=O) groups is 4. The summed E-state index contributed by atoms with van der Waals surface area (Å²) in [6.07, 6.45) is 0.275. The predicted octanol–water partition coefficient (Wildman–Crippen LogP) is -0.527. The molecule has 4 N–H and O–H groups in total. The number of aryl methyl sites for hydroxylation is 1. The number of fused-ring (bicyclic) bond motifs is 2. The Bertz CT molecular complexity index is 1250. The average Bonchev–Trinajstić information content (AvgIpc) is 2.97. The lowest BCUT2D eigenvalue weighted by molar-refractivity contribution is -0.125. The Morgan fingerprint density at radius 3 is 2.54 bits per heavy atom. The number of aromatic nitrogens is 1. The lowest BCUT2D eigenvalue weighted by atomic mass is 10.1. The maximum absolute atomic E-state index is 13.4. The zero-order valence-electron chi connectivity index (χ0n) is 23.2. The Morgan fingerprint density at radius 2 is 1.83 bits per heavy atom. The molecule has 1 saturated heterocycles. The van der Waals surface area contributed by atoms with Crippen molar-refractivity contribution >= 4 is 29.4 Å². The molecule has 13 heteroatoms. The van der Waals surface area contributed by atoms with Gasteiger partial charge in [0.25, 0.3) is 11.8 Å². The number of hydrogen-bond donors (Lipinski definition) is 4. The molecule has 0 unspecified atom stereocenters. The number of carbonyl (C=O) groups excluding carboxylic acids is 4. The van der Waals surface area contributed by atoms with Crippen LogP contribution in [0.5, 0.6) is 5.75 Å². The zero-order valence-corrected chi connectivity index (χ0v) is 23.2. The largest absolute Gasteiger partial charge is 0.491 e. The van der Waals surface area contributed by atoms with Gasteiger partial charge in [-0.05, 0) is 43.7 Å². The SMILES string of the molecule is Cc1ccc2cc1OCCNC(=O)CN(C(=O)c1ccc(N3CCOCC3)nc1)CCNC(=O)[C@H]([C@@H](C)O)NC2=O. The fraction of sp³-hybridized carbons (Fsp3) is 0.464. The third-order valence-corrected chi connectivity index (χ3v) is 6.82. The fourth-order valence-corrected chi connectivity index (χ4v) is 4.46. The van der Waals surface area contributed by atoms with Crippen molar-refractivity contribution < 1.29 is 33.8 Å². The lowest BCUT2D eigenvalue weighted by Gasteiger charge is -2.28. The minimum atomic E-state index is -1.24. The normalized spacial score (nSPS) is 20.2. The molecule has 13 nitrogen and oxygen atoms in total. The van der Waals surface area contributed by atoms with Crippen LogP contribution in [0.3, 0.4) is 0 Å². The molecule has 41 heavy (non-hydrogen) atoms. The molecular weight excluding hydrogens is 532 g/mol. The summed E-state index contributed by atoms with van der Waals surface area (Å²) in [4.78, 5) is 59.7. The first kappa shape index (κ1) is 29.7. The maximum Gasteiger partial charge on any atom is 0.255 e. The van der Waals surface area contributed by atoms with Crippen LogP contribution >= 0.6 is 0 Å². The Balaban J connectivity index is 1.50. The molecule has 2 atom stereocenters. The van der Waals surface area contributed by atoms with Crippen LogP contribution in [-0.4, -0.2) is 110 Å².